The van der Waals surface area contributed by atoms with E-state index in [9.17, 15) is 21.6 Å². The molecule has 40 heavy (non-hydrogen) atoms. The summed E-state index contributed by atoms with van der Waals surface area (Å²) in [6.45, 7) is 4.63. The van der Waals surface area contributed by atoms with Gasteiger partial charge in [0.2, 0.25) is 10.0 Å². The summed E-state index contributed by atoms with van der Waals surface area (Å²) >= 11 is 1.20. The van der Waals surface area contributed by atoms with Crippen molar-refractivity contribution >= 4 is 54.0 Å². The summed E-state index contributed by atoms with van der Waals surface area (Å²) in [7, 11) is 0.212. The van der Waals surface area contributed by atoms with Crippen molar-refractivity contribution in [1.82, 2.24) is 24.6 Å². The fourth-order valence-electron chi connectivity index (χ4n) is 3.81. The van der Waals surface area contributed by atoms with E-state index in [1.807, 2.05) is 19.0 Å². The second kappa shape index (κ2) is 12.3. The molecule has 14 heteroatoms. The van der Waals surface area contributed by atoms with E-state index in [2.05, 4.69) is 36.9 Å². The van der Waals surface area contributed by atoms with Gasteiger partial charge in [0, 0.05) is 17.9 Å². The van der Waals surface area contributed by atoms with E-state index in [0.29, 0.717) is 39.9 Å². The monoisotopic (exact) mass is 591 g/mol. The summed E-state index contributed by atoms with van der Waals surface area (Å²) in [4.78, 5) is 14.9. The molecule has 0 aliphatic rings. The van der Waals surface area contributed by atoms with Crippen molar-refractivity contribution in [3.8, 4) is 0 Å². The molecule has 2 heterocycles. The number of halogens is 3. The van der Waals surface area contributed by atoms with Crippen LogP contribution in [0.4, 0.5) is 35.5 Å². The van der Waals surface area contributed by atoms with Gasteiger partial charge in [0.25, 0.3) is 0 Å². The normalized spacial score (nSPS) is 12.2. The molecule has 0 unspecified atom stereocenters. The fraction of sp³-hybridized carbons (Fsp3) is 0.269. The Balaban J connectivity index is 1.49. The molecule has 2 aromatic heterocycles. The number of allylic oxidation sites excluding steroid dienone is 1. The largest absolute Gasteiger partial charge is 0.416 e. The molecule has 0 aliphatic carbocycles. The molecule has 212 valence electrons. The minimum absolute atomic E-state index is 0.0942. The van der Waals surface area contributed by atoms with E-state index >= 15 is 0 Å². The van der Waals surface area contributed by atoms with Crippen LogP contribution in [0.2, 0.25) is 0 Å². The Bertz CT molecular complexity index is 1590. The summed E-state index contributed by atoms with van der Waals surface area (Å²) in [5.41, 5.74) is 0.550. The highest BCUT2D eigenvalue weighted by Crippen LogP contribution is 2.36. The third-order valence-electron chi connectivity index (χ3n) is 5.72. The molecule has 0 saturated carbocycles. The quantitative estimate of drug-likeness (QED) is 0.145. The van der Waals surface area contributed by atoms with E-state index in [-0.39, 0.29) is 22.6 Å². The van der Waals surface area contributed by atoms with Crippen molar-refractivity contribution in [3.63, 3.8) is 0 Å². The Morgan fingerprint density at radius 1 is 1.05 bits per heavy atom. The molecule has 9 nitrogen and oxygen atoms in total. The molecule has 0 bridgehead atoms. The first-order valence-electron chi connectivity index (χ1n) is 12.2. The first-order chi connectivity index (χ1) is 19.0. The number of fused-ring (bicyclic) bond motifs is 1. The zero-order valence-corrected chi connectivity index (χ0v) is 23.4. The van der Waals surface area contributed by atoms with Gasteiger partial charge in [-0.15, -0.1) is 6.58 Å². The maximum atomic E-state index is 13.6. The predicted molar refractivity (Wildman–Crippen MR) is 152 cm³/mol. The number of nitrogens with one attached hydrogen (secondary N) is 3. The Labute approximate surface area is 234 Å². The van der Waals surface area contributed by atoms with Gasteiger partial charge in [0.1, 0.15) is 11.0 Å². The summed E-state index contributed by atoms with van der Waals surface area (Å²) in [6, 6.07) is 10.2. The third-order valence-corrected chi connectivity index (χ3v) is 8.17. The van der Waals surface area contributed by atoms with E-state index < -0.39 is 21.8 Å². The lowest BCUT2D eigenvalue weighted by atomic mass is 10.0. The Morgan fingerprint density at radius 2 is 1.77 bits per heavy atom. The van der Waals surface area contributed by atoms with Crippen LogP contribution in [0.1, 0.15) is 17.5 Å². The van der Waals surface area contributed by atoms with E-state index in [4.69, 9.17) is 0 Å². The Morgan fingerprint density at radius 3 is 2.45 bits per heavy atom. The number of rotatable bonds is 12. The van der Waals surface area contributed by atoms with E-state index in [1.54, 1.807) is 18.2 Å². The van der Waals surface area contributed by atoms with Crippen molar-refractivity contribution in [2.45, 2.75) is 23.9 Å². The number of hydrogen-bond donors (Lipinski definition) is 3. The minimum atomic E-state index is -4.52. The zero-order valence-electron chi connectivity index (χ0n) is 21.8. The van der Waals surface area contributed by atoms with Crippen LogP contribution in [0.15, 0.2) is 66.3 Å². The number of hydrogen-bond acceptors (Lipinski definition) is 9. The molecule has 4 rings (SSSR count). The van der Waals surface area contributed by atoms with Crippen LogP contribution in [-0.2, 0) is 22.6 Å². The summed E-state index contributed by atoms with van der Waals surface area (Å²) in [5.74, 6) is 0.307. The SMILES string of the molecule is C=CCc1ccc(Nc2ncnc3nc(Nc4ccc(S(=O)(=O)NCCCN(C)C)cc4)sc23)cc1C(F)(F)F. The molecular formula is C26H28F3N7O2S2. The maximum absolute atomic E-state index is 13.6. The van der Waals surface area contributed by atoms with E-state index in [1.165, 1.54) is 41.9 Å². The molecule has 4 aromatic rings. The molecule has 2 aromatic carbocycles. The first kappa shape index (κ1) is 29.4. The second-order valence-corrected chi connectivity index (χ2v) is 11.9. The van der Waals surface area contributed by atoms with Gasteiger partial charge in [0.15, 0.2) is 16.6 Å². The first-order valence-corrected chi connectivity index (χ1v) is 14.5. The van der Waals surface area contributed by atoms with Gasteiger partial charge < -0.3 is 15.5 Å². The lowest BCUT2D eigenvalue weighted by molar-refractivity contribution is -0.138. The van der Waals surface area contributed by atoms with Crippen LogP contribution < -0.4 is 15.4 Å². The number of aromatic nitrogens is 3. The van der Waals surface area contributed by atoms with Gasteiger partial charge in [-0.3, -0.25) is 0 Å². The lowest BCUT2D eigenvalue weighted by Crippen LogP contribution is -2.27. The molecule has 0 amide bonds. The van der Waals surface area contributed by atoms with Crippen molar-refractivity contribution in [1.29, 1.82) is 0 Å². The van der Waals surface area contributed by atoms with Crippen molar-refractivity contribution in [2.24, 2.45) is 0 Å². The molecule has 3 N–H and O–H groups in total. The number of nitrogens with zero attached hydrogens (tertiary/aromatic N) is 4. The summed E-state index contributed by atoms with van der Waals surface area (Å²) in [6.07, 6.45) is -1.04. The van der Waals surface area contributed by atoms with Crippen LogP contribution in [0.3, 0.4) is 0 Å². The van der Waals surface area contributed by atoms with Gasteiger partial charge in [-0.1, -0.05) is 23.5 Å². The standard InChI is InChI=1S/C26H28F3N7O2S2/c1-4-6-17-7-8-19(15-21(17)26(27,28)29)33-23-22-24(31-16-30-23)35-25(39-22)34-18-9-11-20(12-10-18)40(37,38)32-13-5-14-36(2)3/h4,7-12,15-16,32H,1,5-6,13-14H2,2-3H3,(H2,30,31,33,34,35). The van der Waals surface area contributed by atoms with E-state index in [0.717, 1.165) is 12.6 Å². The van der Waals surface area contributed by atoms with Gasteiger partial charge in [0.05, 0.1) is 10.5 Å². The highest BCUT2D eigenvalue weighted by atomic mass is 32.2. The maximum Gasteiger partial charge on any atom is 0.416 e. The smallest absolute Gasteiger partial charge is 0.339 e. The number of anilines is 4. The van der Waals surface area contributed by atoms with Crippen LogP contribution >= 0.6 is 11.3 Å². The second-order valence-electron chi connectivity index (χ2n) is 9.09. The van der Waals surface area contributed by atoms with Crippen LogP contribution in [0.25, 0.3) is 10.3 Å². The summed E-state index contributed by atoms with van der Waals surface area (Å²) < 4.78 is 69.0. The topological polar surface area (TPSA) is 112 Å². The predicted octanol–water partition coefficient (Wildman–Crippen LogP) is 5.55. The molecule has 0 aliphatic heterocycles. The lowest BCUT2D eigenvalue weighted by Gasteiger charge is -2.14. The van der Waals surface area contributed by atoms with Gasteiger partial charge >= 0.3 is 6.18 Å². The van der Waals surface area contributed by atoms with Crippen molar-refractivity contribution in [3.05, 3.63) is 72.6 Å². The minimum Gasteiger partial charge on any atom is -0.339 e. The highest BCUT2D eigenvalue weighted by molar-refractivity contribution is 7.89. The number of alkyl halides is 3. The number of thiazole rings is 1. The van der Waals surface area contributed by atoms with Crippen LogP contribution in [-0.4, -0.2) is 55.5 Å². The number of sulfonamides is 1. The molecule has 0 spiro atoms. The fourth-order valence-corrected chi connectivity index (χ4v) is 5.77. The average molecular weight is 592 g/mol. The number of benzene rings is 2. The molecule has 0 saturated heterocycles. The van der Waals surface area contributed by atoms with Crippen LogP contribution in [0.5, 0.6) is 0 Å². The van der Waals surface area contributed by atoms with Crippen molar-refractivity contribution in [2.75, 3.05) is 37.8 Å². The summed E-state index contributed by atoms with van der Waals surface area (Å²) in [5, 5.41) is 6.51. The van der Waals surface area contributed by atoms with Gasteiger partial charge in [-0.25, -0.2) is 23.1 Å². The van der Waals surface area contributed by atoms with Gasteiger partial charge in [-0.05, 0) is 75.4 Å². The Kier molecular flexibility index (Phi) is 9.03. The Hall–Kier alpha value is -3.59. The molecular weight excluding hydrogens is 563 g/mol. The van der Waals surface area contributed by atoms with Crippen LogP contribution in [0, 0.1) is 0 Å². The van der Waals surface area contributed by atoms with Gasteiger partial charge in [-0.2, -0.15) is 18.2 Å². The third kappa shape index (κ3) is 7.33. The molecule has 0 atom stereocenters. The molecule has 0 radical (unpaired) electrons. The zero-order chi connectivity index (χ0) is 28.9. The van der Waals surface area contributed by atoms with Crippen molar-refractivity contribution < 1.29 is 21.6 Å². The molecule has 0 fully saturated rings. The highest BCUT2D eigenvalue weighted by Gasteiger charge is 2.33. The average Bonchev–Trinajstić information content (AvgIpc) is 3.31.